The van der Waals surface area contributed by atoms with Gasteiger partial charge in [0.2, 0.25) is 0 Å². The Balaban J connectivity index is 2.63. The highest BCUT2D eigenvalue weighted by atomic mass is 19.1. The first-order chi connectivity index (χ1) is 6.81. The third-order valence-electron chi connectivity index (χ3n) is 1.86. The van der Waals surface area contributed by atoms with Gasteiger partial charge in [-0.3, -0.25) is 0 Å². The lowest BCUT2D eigenvalue weighted by Gasteiger charge is -2.03. The van der Waals surface area contributed by atoms with Crippen molar-refractivity contribution >= 4 is 0 Å². The van der Waals surface area contributed by atoms with Crippen molar-refractivity contribution < 1.29 is 4.39 Å². The van der Waals surface area contributed by atoms with Crippen molar-refractivity contribution in [3.05, 3.63) is 48.3 Å². The van der Waals surface area contributed by atoms with Crippen LogP contribution in [0.3, 0.4) is 0 Å². The lowest BCUT2D eigenvalue weighted by atomic mass is 10.2. The number of benzene rings is 1. The smallest absolute Gasteiger partial charge is 0.125 e. The lowest BCUT2D eigenvalue weighted by molar-refractivity contribution is 0.626. The first-order valence-corrected chi connectivity index (χ1v) is 3.99. The van der Waals surface area contributed by atoms with Crippen molar-refractivity contribution in [1.82, 2.24) is 9.55 Å². The SMILES string of the molecule is N#Cc1ccc(F)cc1-n1ccnc1. The monoisotopic (exact) mass is 187 g/mol. The van der Waals surface area contributed by atoms with E-state index in [-0.39, 0.29) is 5.82 Å². The van der Waals surface area contributed by atoms with Gasteiger partial charge in [0.1, 0.15) is 11.9 Å². The number of halogens is 1. The van der Waals surface area contributed by atoms with Crippen LogP contribution >= 0.6 is 0 Å². The fraction of sp³-hybridized carbons (Fsp3) is 0. The van der Waals surface area contributed by atoms with Gasteiger partial charge < -0.3 is 4.57 Å². The molecule has 0 aliphatic carbocycles. The van der Waals surface area contributed by atoms with Crippen LogP contribution in [-0.2, 0) is 0 Å². The van der Waals surface area contributed by atoms with E-state index in [1.165, 1.54) is 24.5 Å². The Morgan fingerprint density at radius 2 is 2.29 bits per heavy atom. The molecule has 1 aromatic carbocycles. The van der Waals surface area contributed by atoms with Gasteiger partial charge in [0, 0.05) is 12.4 Å². The minimum absolute atomic E-state index is 0.368. The van der Waals surface area contributed by atoms with Crippen LogP contribution in [0.4, 0.5) is 4.39 Å². The molecule has 3 nitrogen and oxygen atoms in total. The van der Waals surface area contributed by atoms with Crippen molar-refractivity contribution in [3.8, 4) is 11.8 Å². The number of rotatable bonds is 1. The molecule has 14 heavy (non-hydrogen) atoms. The average molecular weight is 187 g/mol. The van der Waals surface area contributed by atoms with Crippen LogP contribution in [-0.4, -0.2) is 9.55 Å². The van der Waals surface area contributed by atoms with Crippen LogP contribution in [0, 0.1) is 17.1 Å². The molecule has 0 aliphatic heterocycles. The number of hydrogen-bond donors (Lipinski definition) is 0. The zero-order valence-electron chi connectivity index (χ0n) is 7.18. The van der Waals surface area contributed by atoms with Gasteiger partial charge in [-0.25, -0.2) is 9.37 Å². The van der Waals surface area contributed by atoms with Crippen molar-refractivity contribution in [2.24, 2.45) is 0 Å². The van der Waals surface area contributed by atoms with E-state index < -0.39 is 0 Å². The fourth-order valence-electron chi connectivity index (χ4n) is 1.21. The Morgan fingerprint density at radius 3 is 2.93 bits per heavy atom. The molecule has 0 amide bonds. The van der Waals surface area contributed by atoms with E-state index in [0.717, 1.165) is 0 Å². The van der Waals surface area contributed by atoms with E-state index in [4.69, 9.17) is 5.26 Å². The third kappa shape index (κ3) is 1.36. The highest BCUT2D eigenvalue weighted by Crippen LogP contribution is 2.14. The predicted molar refractivity (Wildman–Crippen MR) is 48.2 cm³/mol. The number of hydrogen-bond acceptors (Lipinski definition) is 2. The number of aromatic nitrogens is 2. The highest BCUT2D eigenvalue weighted by Gasteiger charge is 2.04. The lowest BCUT2D eigenvalue weighted by Crippen LogP contribution is -1.95. The maximum atomic E-state index is 12.9. The van der Waals surface area contributed by atoms with Gasteiger partial charge >= 0.3 is 0 Å². The van der Waals surface area contributed by atoms with E-state index in [2.05, 4.69) is 4.98 Å². The Morgan fingerprint density at radius 1 is 1.43 bits per heavy atom. The highest BCUT2D eigenvalue weighted by molar-refractivity contribution is 5.48. The fourth-order valence-corrected chi connectivity index (χ4v) is 1.21. The third-order valence-corrected chi connectivity index (χ3v) is 1.86. The quantitative estimate of drug-likeness (QED) is 0.684. The van der Waals surface area contributed by atoms with Crippen LogP contribution in [0.2, 0.25) is 0 Å². The molecule has 0 unspecified atom stereocenters. The van der Waals surface area contributed by atoms with E-state index in [0.29, 0.717) is 11.3 Å². The minimum Gasteiger partial charge on any atom is -0.305 e. The zero-order chi connectivity index (χ0) is 9.97. The van der Waals surface area contributed by atoms with Gasteiger partial charge in [0.15, 0.2) is 0 Å². The largest absolute Gasteiger partial charge is 0.305 e. The molecule has 0 fully saturated rings. The molecule has 0 saturated carbocycles. The molecule has 2 rings (SSSR count). The Labute approximate surface area is 80.1 Å². The summed E-state index contributed by atoms with van der Waals surface area (Å²) in [6, 6.07) is 6.01. The first-order valence-electron chi connectivity index (χ1n) is 3.99. The summed E-state index contributed by atoms with van der Waals surface area (Å²) >= 11 is 0. The topological polar surface area (TPSA) is 41.6 Å². The molecular formula is C10H6FN3. The van der Waals surface area contributed by atoms with Crippen LogP contribution in [0.25, 0.3) is 5.69 Å². The Bertz CT molecular complexity index is 483. The van der Waals surface area contributed by atoms with Gasteiger partial charge in [-0.05, 0) is 18.2 Å². The second-order valence-corrected chi connectivity index (χ2v) is 2.74. The molecule has 4 heteroatoms. The van der Waals surface area contributed by atoms with Crippen molar-refractivity contribution in [2.75, 3.05) is 0 Å². The molecule has 2 aromatic rings. The minimum atomic E-state index is -0.368. The summed E-state index contributed by atoms with van der Waals surface area (Å²) in [5.41, 5.74) is 0.925. The molecule has 1 aromatic heterocycles. The molecule has 0 N–H and O–H groups in total. The summed E-state index contributed by atoms with van der Waals surface area (Å²) in [7, 11) is 0. The molecule has 0 atom stereocenters. The van der Waals surface area contributed by atoms with Gasteiger partial charge in [-0.2, -0.15) is 5.26 Å². The van der Waals surface area contributed by atoms with Crippen LogP contribution in [0.15, 0.2) is 36.9 Å². The summed E-state index contributed by atoms with van der Waals surface area (Å²) in [6.07, 6.45) is 4.76. The molecule has 68 valence electrons. The number of nitrogens with zero attached hydrogens (tertiary/aromatic N) is 3. The zero-order valence-corrected chi connectivity index (χ0v) is 7.18. The van der Waals surface area contributed by atoms with E-state index in [1.807, 2.05) is 6.07 Å². The Hall–Kier alpha value is -2.15. The van der Waals surface area contributed by atoms with E-state index in [9.17, 15) is 4.39 Å². The van der Waals surface area contributed by atoms with Crippen LogP contribution in [0.1, 0.15) is 5.56 Å². The molecule has 0 radical (unpaired) electrons. The molecular weight excluding hydrogens is 181 g/mol. The Kier molecular flexibility index (Phi) is 1.99. The maximum absolute atomic E-state index is 12.9. The van der Waals surface area contributed by atoms with Crippen LogP contribution < -0.4 is 0 Å². The normalized spacial score (nSPS) is 9.71. The predicted octanol–water partition coefficient (Wildman–Crippen LogP) is 1.88. The number of nitriles is 1. The van der Waals surface area contributed by atoms with E-state index in [1.54, 1.807) is 17.0 Å². The van der Waals surface area contributed by atoms with Gasteiger partial charge in [0.25, 0.3) is 0 Å². The van der Waals surface area contributed by atoms with Crippen molar-refractivity contribution in [2.45, 2.75) is 0 Å². The molecule has 1 heterocycles. The van der Waals surface area contributed by atoms with Crippen molar-refractivity contribution in [3.63, 3.8) is 0 Å². The summed E-state index contributed by atoms with van der Waals surface area (Å²) < 4.78 is 14.5. The summed E-state index contributed by atoms with van der Waals surface area (Å²) in [5, 5.41) is 8.80. The summed E-state index contributed by atoms with van der Waals surface area (Å²) in [5.74, 6) is -0.368. The van der Waals surface area contributed by atoms with Crippen molar-refractivity contribution in [1.29, 1.82) is 5.26 Å². The molecule has 0 saturated heterocycles. The standard InChI is InChI=1S/C10H6FN3/c11-9-2-1-8(6-12)10(5-9)14-4-3-13-7-14/h1-5,7H. The molecule has 0 aliphatic rings. The summed E-state index contributed by atoms with van der Waals surface area (Å²) in [6.45, 7) is 0. The number of imidazole rings is 1. The summed E-state index contributed by atoms with van der Waals surface area (Å²) in [4.78, 5) is 3.83. The second-order valence-electron chi connectivity index (χ2n) is 2.74. The van der Waals surface area contributed by atoms with Crippen LogP contribution in [0.5, 0.6) is 0 Å². The second kappa shape index (κ2) is 3.30. The van der Waals surface area contributed by atoms with E-state index >= 15 is 0 Å². The maximum Gasteiger partial charge on any atom is 0.125 e. The molecule has 0 spiro atoms. The molecule has 0 bridgehead atoms. The first kappa shape index (κ1) is 8.45. The van der Waals surface area contributed by atoms with Gasteiger partial charge in [0.05, 0.1) is 17.6 Å². The average Bonchev–Trinajstić information content (AvgIpc) is 2.70. The van der Waals surface area contributed by atoms with Gasteiger partial charge in [-0.15, -0.1) is 0 Å². The van der Waals surface area contributed by atoms with Gasteiger partial charge in [-0.1, -0.05) is 0 Å².